The van der Waals surface area contributed by atoms with Gasteiger partial charge in [-0.3, -0.25) is 4.79 Å². The van der Waals surface area contributed by atoms with Gasteiger partial charge in [-0.15, -0.1) is 0 Å². The summed E-state index contributed by atoms with van der Waals surface area (Å²) in [5, 5.41) is 0. The maximum atomic E-state index is 10.7. The normalized spacial score (nSPS) is 14.7. The van der Waals surface area contributed by atoms with E-state index in [0.717, 1.165) is 5.56 Å². The Bertz CT molecular complexity index is 308. The molecule has 0 aliphatic rings. The SMILES string of the molecule is C[N@+](N)(CC(N)=O)Cc1ccccc1. The summed E-state index contributed by atoms with van der Waals surface area (Å²) >= 11 is 0. The lowest BCUT2D eigenvalue weighted by Gasteiger charge is -2.26. The molecule has 4 heteroatoms. The predicted molar refractivity (Wildman–Crippen MR) is 54.6 cm³/mol. The lowest BCUT2D eigenvalue weighted by atomic mass is 10.2. The Morgan fingerprint density at radius 1 is 1.36 bits per heavy atom. The molecule has 0 fully saturated rings. The Hall–Kier alpha value is -1.39. The van der Waals surface area contributed by atoms with Crippen LogP contribution in [0.25, 0.3) is 0 Å². The van der Waals surface area contributed by atoms with Gasteiger partial charge in [0.25, 0.3) is 5.91 Å². The second-order valence-corrected chi connectivity index (χ2v) is 3.75. The number of primary amides is 1. The third kappa shape index (κ3) is 3.55. The molecule has 14 heavy (non-hydrogen) atoms. The predicted octanol–water partition coefficient (Wildman–Crippen LogP) is -0.00780. The lowest BCUT2D eigenvalue weighted by molar-refractivity contribution is -0.926. The zero-order chi connectivity index (χ0) is 10.6. The summed E-state index contributed by atoms with van der Waals surface area (Å²) in [5.41, 5.74) is 6.19. The highest BCUT2D eigenvalue weighted by atomic mass is 16.1. The number of rotatable bonds is 4. The van der Waals surface area contributed by atoms with Crippen molar-refractivity contribution < 1.29 is 9.39 Å². The molecule has 4 N–H and O–H groups in total. The first-order chi connectivity index (χ1) is 6.49. The van der Waals surface area contributed by atoms with E-state index in [9.17, 15) is 4.79 Å². The van der Waals surface area contributed by atoms with Crippen molar-refractivity contribution in [1.82, 2.24) is 0 Å². The smallest absolute Gasteiger partial charge is 0.274 e. The van der Waals surface area contributed by atoms with Gasteiger partial charge >= 0.3 is 0 Å². The van der Waals surface area contributed by atoms with Gasteiger partial charge in [-0.05, 0) is 0 Å². The summed E-state index contributed by atoms with van der Waals surface area (Å²) < 4.78 is 0.0966. The van der Waals surface area contributed by atoms with E-state index in [1.807, 2.05) is 30.3 Å². The number of likely N-dealkylation sites (N-methyl/N-ethyl adjacent to an activating group) is 1. The second kappa shape index (κ2) is 4.21. The van der Waals surface area contributed by atoms with Gasteiger partial charge in [-0.2, -0.15) is 5.84 Å². The Labute approximate surface area is 83.7 Å². The van der Waals surface area contributed by atoms with Gasteiger partial charge in [0, 0.05) is 5.56 Å². The molecule has 1 aromatic carbocycles. The Morgan fingerprint density at radius 2 is 1.93 bits per heavy atom. The molecule has 4 nitrogen and oxygen atoms in total. The number of quaternary nitrogens is 1. The number of carbonyl (C=O) groups excluding carboxylic acids is 1. The van der Waals surface area contributed by atoms with Crippen molar-refractivity contribution >= 4 is 5.91 Å². The van der Waals surface area contributed by atoms with Crippen LogP contribution in [-0.2, 0) is 11.3 Å². The van der Waals surface area contributed by atoms with Crippen LogP contribution in [0, 0.1) is 0 Å². The van der Waals surface area contributed by atoms with Crippen molar-refractivity contribution in [2.75, 3.05) is 13.6 Å². The fourth-order valence-corrected chi connectivity index (χ4v) is 1.41. The van der Waals surface area contributed by atoms with E-state index in [1.54, 1.807) is 7.05 Å². The molecule has 0 saturated carbocycles. The highest BCUT2D eigenvalue weighted by Crippen LogP contribution is 2.05. The molecule has 0 aliphatic carbocycles. The van der Waals surface area contributed by atoms with Crippen LogP contribution in [0.2, 0.25) is 0 Å². The van der Waals surface area contributed by atoms with Gasteiger partial charge in [-0.1, -0.05) is 30.3 Å². The third-order valence-electron chi connectivity index (χ3n) is 1.90. The standard InChI is InChI=1S/C10H15N3O/c1-13(12,8-10(11)14)7-9-5-3-2-4-6-9/h2-6H,7-8,12H2,1H3,(H-,11,14)/p+1/t13-/m1/s1. The van der Waals surface area contributed by atoms with Crippen molar-refractivity contribution in [3.8, 4) is 0 Å². The Kier molecular flexibility index (Phi) is 3.22. The zero-order valence-corrected chi connectivity index (χ0v) is 8.31. The van der Waals surface area contributed by atoms with Crippen LogP contribution in [0.1, 0.15) is 5.56 Å². The minimum Gasteiger partial charge on any atom is -0.365 e. The summed E-state index contributed by atoms with van der Waals surface area (Å²) in [6.45, 7) is 0.749. The van der Waals surface area contributed by atoms with Crippen molar-refractivity contribution in [3.63, 3.8) is 0 Å². The monoisotopic (exact) mass is 194 g/mol. The van der Waals surface area contributed by atoms with Crippen molar-refractivity contribution in [3.05, 3.63) is 35.9 Å². The molecule has 76 valence electrons. The van der Waals surface area contributed by atoms with Crippen molar-refractivity contribution in [1.29, 1.82) is 0 Å². The van der Waals surface area contributed by atoms with E-state index in [-0.39, 0.29) is 17.0 Å². The number of hydrogen-bond donors (Lipinski definition) is 2. The number of benzene rings is 1. The number of amides is 1. The molecule has 1 aromatic rings. The minimum atomic E-state index is -0.383. The maximum absolute atomic E-state index is 10.7. The van der Waals surface area contributed by atoms with Crippen LogP contribution in [0.15, 0.2) is 30.3 Å². The van der Waals surface area contributed by atoms with Crippen LogP contribution < -0.4 is 11.6 Å². The fraction of sp³-hybridized carbons (Fsp3) is 0.300. The Morgan fingerprint density at radius 3 is 2.43 bits per heavy atom. The highest BCUT2D eigenvalue weighted by molar-refractivity contribution is 5.74. The third-order valence-corrected chi connectivity index (χ3v) is 1.90. The van der Waals surface area contributed by atoms with Crippen LogP contribution in [0.4, 0.5) is 0 Å². The van der Waals surface area contributed by atoms with E-state index in [4.69, 9.17) is 11.6 Å². The number of nitrogens with two attached hydrogens (primary N) is 2. The van der Waals surface area contributed by atoms with Gasteiger partial charge in [-0.25, -0.2) is 4.59 Å². The molecule has 0 unspecified atom stereocenters. The van der Waals surface area contributed by atoms with Gasteiger partial charge < -0.3 is 5.73 Å². The van der Waals surface area contributed by atoms with Gasteiger partial charge in [0.1, 0.15) is 6.54 Å². The average molecular weight is 194 g/mol. The maximum Gasteiger partial charge on any atom is 0.274 e. The van der Waals surface area contributed by atoms with E-state index in [0.29, 0.717) is 6.54 Å². The molecule has 0 radical (unpaired) electrons. The van der Waals surface area contributed by atoms with Crippen LogP contribution in [0.3, 0.4) is 0 Å². The average Bonchev–Trinajstić information content (AvgIpc) is 2.02. The summed E-state index contributed by atoms with van der Waals surface area (Å²) in [7, 11) is 1.78. The first-order valence-corrected chi connectivity index (χ1v) is 4.45. The van der Waals surface area contributed by atoms with Crippen molar-refractivity contribution in [2.24, 2.45) is 11.6 Å². The first-order valence-electron chi connectivity index (χ1n) is 4.45. The number of hydrogen-bond acceptors (Lipinski definition) is 2. The summed E-state index contributed by atoms with van der Waals surface area (Å²) in [6.07, 6.45) is 0. The molecule has 1 rings (SSSR count). The molecule has 0 saturated heterocycles. The summed E-state index contributed by atoms with van der Waals surface area (Å²) in [5.74, 6) is 5.50. The Balaban J connectivity index is 2.63. The van der Waals surface area contributed by atoms with E-state index in [2.05, 4.69) is 0 Å². The highest BCUT2D eigenvalue weighted by Gasteiger charge is 2.19. The largest absolute Gasteiger partial charge is 0.365 e. The van der Waals surface area contributed by atoms with Crippen LogP contribution >= 0.6 is 0 Å². The molecule has 0 heterocycles. The second-order valence-electron chi connectivity index (χ2n) is 3.75. The van der Waals surface area contributed by atoms with E-state index >= 15 is 0 Å². The topological polar surface area (TPSA) is 69.1 Å². The first kappa shape index (κ1) is 10.7. The molecule has 0 aliphatic heterocycles. The van der Waals surface area contributed by atoms with Crippen molar-refractivity contribution in [2.45, 2.75) is 6.54 Å². The minimum absolute atomic E-state index is 0.0966. The molecule has 0 aromatic heterocycles. The molecular weight excluding hydrogens is 178 g/mol. The molecule has 1 atom stereocenters. The van der Waals surface area contributed by atoms with E-state index in [1.165, 1.54) is 0 Å². The molecule has 0 spiro atoms. The molecule has 0 bridgehead atoms. The van der Waals surface area contributed by atoms with Gasteiger partial charge in [0.2, 0.25) is 0 Å². The number of nitrogens with zero attached hydrogens (tertiary/aromatic N) is 1. The molecule has 1 amide bonds. The quantitative estimate of drug-likeness (QED) is 0.402. The fourth-order valence-electron chi connectivity index (χ4n) is 1.41. The van der Waals surface area contributed by atoms with Crippen LogP contribution in [-0.4, -0.2) is 24.1 Å². The molecular formula is C10H16N3O+. The van der Waals surface area contributed by atoms with Gasteiger partial charge in [0.15, 0.2) is 6.54 Å². The van der Waals surface area contributed by atoms with E-state index < -0.39 is 0 Å². The van der Waals surface area contributed by atoms with Gasteiger partial charge in [0.05, 0.1) is 7.05 Å². The lowest BCUT2D eigenvalue weighted by Crippen LogP contribution is -2.54. The number of carbonyl (C=O) groups is 1. The zero-order valence-electron chi connectivity index (χ0n) is 8.31. The summed E-state index contributed by atoms with van der Waals surface area (Å²) in [6, 6.07) is 9.78. The summed E-state index contributed by atoms with van der Waals surface area (Å²) in [4.78, 5) is 10.7. The van der Waals surface area contributed by atoms with Crippen LogP contribution in [0.5, 0.6) is 0 Å².